The van der Waals surface area contributed by atoms with Gasteiger partial charge in [-0.25, -0.2) is 22.2 Å². The zero-order valence-corrected chi connectivity index (χ0v) is 21.1. The molecule has 2 aliphatic carbocycles. The van der Waals surface area contributed by atoms with E-state index < -0.39 is 33.1 Å². The van der Waals surface area contributed by atoms with Gasteiger partial charge in [0.05, 0.1) is 5.75 Å². The van der Waals surface area contributed by atoms with Gasteiger partial charge >= 0.3 is 0 Å². The summed E-state index contributed by atoms with van der Waals surface area (Å²) in [7, 11) is -3.76. The first-order valence-electron chi connectivity index (χ1n) is 12.4. The Hall–Kier alpha value is -2.65. The smallest absolute Gasteiger partial charge is 0.215 e. The van der Waals surface area contributed by atoms with E-state index in [9.17, 15) is 22.0 Å². The number of halogens is 2. The molecule has 0 unspecified atom stereocenters. The van der Waals surface area contributed by atoms with Gasteiger partial charge in [0.1, 0.15) is 29.0 Å². The average molecular weight is 515 g/mol. The van der Waals surface area contributed by atoms with E-state index in [4.69, 9.17) is 4.42 Å². The Bertz CT molecular complexity index is 1500. The molecule has 6 rings (SSSR count). The number of carbonyl (C=O) groups excluding carboxylic acids is 1. The number of hydrogen-bond donors (Lipinski definition) is 0. The van der Waals surface area contributed by atoms with Crippen molar-refractivity contribution in [2.24, 2.45) is 16.7 Å². The minimum atomic E-state index is -3.76. The van der Waals surface area contributed by atoms with Crippen LogP contribution in [0.4, 0.5) is 8.78 Å². The minimum absolute atomic E-state index is 0.0745. The van der Waals surface area contributed by atoms with Crippen LogP contribution in [-0.4, -0.2) is 35.8 Å². The lowest BCUT2D eigenvalue weighted by Crippen LogP contribution is -2.46. The minimum Gasteiger partial charge on any atom is -0.439 e. The van der Waals surface area contributed by atoms with Crippen molar-refractivity contribution in [3.8, 4) is 11.1 Å². The van der Waals surface area contributed by atoms with Crippen molar-refractivity contribution in [1.29, 1.82) is 0 Å². The first-order chi connectivity index (χ1) is 17.0. The molecular weight excluding hydrogens is 486 g/mol. The Morgan fingerprint density at radius 3 is 2.64 bits per heavy atom. The van der Waals surface area contributed by atoms with Crippen LogP contribution >= 0.6 is 0 Å². The summed E-state index contributed by atoms with van der Waals surface area (Å²) >= 11 is 0. The normalized spacial score (nSPS) is 27.9. The Kier molecular flexibility index (Phi) is 5.22. The number of carbonyl (C=O) groups is 1. The monoisotopic (exact) mass is 514 g/mol. The lowest BCUT2D eigenvalue weighted by Gasteiger charge is -2.37. The van der Waals surface area contributed by atoms with E-state index in [2.05, 4.69) is 4.98 Å². The van der Waals surface area contributed by atoms with E-state index in [1.807, 2.05) is 13.8 Å². The van der Waals surface area contributed by atoms with Crippen LogP contribution in [0.25, 0.3) is 22.2 Å². The van der Waals surface area contributed by atoms with Crippen LogP contribution in [0.1, 0.15) is 57.9 Å². The standard InChI is InChI=1S/C27H28F2N2O4S/c1-26(2)17-9-10-27(26,24(32)13-17)15-36(33,34)31-11-3-4-22(31)25-30-21-12-16(5-8-23(21)35-25)19-7-6-18(28)14-20(19)29/h5-8,12,14,17,22H,3-4,9-11,13,15H2,1-2H3/t17-,22+,27-/m0/s1. The zero-order chi connectivity index (χ0) is 25.5. The summed E-state index contributed by atoms with van der Waals surface area (Å²) in [6.07, 6.45) is 3.21. The summed E-state index contributed by atoms with van der Waals surface area (Å²) in [5.41, 5.74) is 0.526. The molecule has 2 bridgehead atoms. The molecule has 0 radical (unpaired) electrons. The molecule has 1 aromatic heterocycles. The van der Waals surface area contributed by atoms with Gasteiger partial charge in [-0.2, -0.15) is 4.31 Å². The number of oxazole rings is 1. The molecule has 0 amide bonds. The summed E-state index contributed by atoms with van der Waals surface area (Å²) in [5, 5.41) is 0. The van der Waals surface area contributed by atoms with Crippen molar-refractivity contribution in [1.82, 2.24) is 9.29 Å². The highest BCUT2D eigenvalue weighted by molar-refractivity contribution is 7.89. The number of benzene rings is 2. The molecule has 2 heterocycles. The molecule has 0 spiro atoms. The van der Waals surface area contributed by atoms with Crippen LogP contribution in [-0.2, 0) is 14.8 Å². The molecule has 36 heavy (non-hydrogen) atoms. The quantitative estimate of drug-likeness (QED) is 0.441. The molecule has 1 aliphatic heterocycles. The molecule has 2 saturated carbocycles. The number of Topliss-reactive ketones (excluding diaryl/α,β-unsaturated/α-hetero) is 1. The fraction of sp³-hybridized carbons (Fsp3) is 0.481. The average Bonchev–Trinajstić information content (AvgIpc) is 3.54. The predicted octanol–water partition coefficient (Wildman–Crippen LogP) is 5.64. The number of rotatable bonds is 5. The second-order valence-corrected chi connectivity index (χ2v) is 13.0. The lowest BCUT2D eigenvalue weighted by atomic mass is 9.70. The van der Waals surface area contributed by atoms with E-state index in [0.717, 1.165) is 12.5 Å². The van der Waals surface area contributed by atoms with E-state index in [1.165, 1.54) is 16.4 Å². The zero-order valence-electron chi connectivity index (χ0n) is 20.3. The third-order valence-electron chi connectivity index (χ3n) is 9.06. The molecule has 9 heteroatoms. The maximum atomic E-state index is 14.3. The predicted molar refractivity (Wildman–Crippen MR) is 130 cm³/mol. The number of hydrogen-bond acceptors (Lipinski definition) is 5. The van der Waals surface area contributed by atoms with Gasteiger partial charge in [-0.15, -0.1) is 0 Å². The van der Waals surface area contributed by atoms with Gasteiger partial charge in [-0.1, -0.05) is 19.9 Å². The third-order valence-corrected chi connectivity index (χ3v) is 11.1. The highest BCUT2D eigenvalue weighted by atomic mass is 32.2. The number of fused-ring (bicyclic) bond motifs is 3. The second-order valence-electron chi connectivity index (χ2n) is 11.1. The van der Waals surface area contributed by atoms with E-state index in [0.29, 0.717) is 54.8 Å². The highest BCUT2D eigenvalue weighted by Gasteiger charge is 2.66. The van der Waals surface area contributed by atoms with Crippen molar-refractivity contribution in [3.05, 3.63) is 53.9 Å². The van der Waals surface area contributed by atoms with Crippen molar-refractivity contribution in [2.75, 3.05) is 12.3 Å². The van der Waals surface area contributed by atoms with Gasteiger partial charge in [-0.05, 0) is 66.8 Å². The number of aromatic nitrogens is 1. The number of nitrogens with zero attached hydrogens (tertiary/aromatic N) is 2. The SMILES string of the molecule is CC1(C)[C@H]2CC[C@]1(CS(=O)(=O)N1CCC[C@@H]1c1nc3cc(-c4ccc(F)cc4F)ccc3o1)C(=O)C2. The maximum Gasteiger partial charge on any atom is 0.215 e. The van der Waals surface area contributed by atoms with Crippen LogP contribution in [0, 0.1) is 28.4 Å². The fourth-order valence-corrected chi connectivity index (χ4v) is 9.26. The number of sulfonamides is 1. The molecule has 0 N–H and O–H groups in total. The van der Waals surface area contributed by atoms with Crippen LogP contribution in [0.2, 0.25) is 0 Å². The van der Waals surface area contributed by atoms with Gasteiger partial charge in [0, 0.05) is 30.0 Å². The highest BCUT2D eigenvalue weighted by Crippen LogP contribution is 2.64. The summed E-state index contributed by atoms with van der Waals surface area (Å²) in [4.78, 5) is 17.5. The Morgan fingerprint density at radius 1 is 1.14 bits per heavy atom. The van der Waals surface area contributed by atoms with Crippen LogP contribution in [0.5, 0.6) is 0 Å². The van der Waals surface area contributed by atoms with E-state index in [-0.39, 0.29) is 28.4 Å². The van der Waals surface area contributed by atoms with Gasteiger partial charge in [-0.3, -0.25) is 4.79 Å². The van der Waals surface area contributed by atoms with Crippen LogP contribution in [0.3, 0.4) is 0 Å². The van der Waals surface area contributed by atoms with E-state index in [1.54, 1.807) is 18.2 Å². The lowest BCUT2D eigenvalue weighted by molar-refractivity contribution is -0.128. The fourth-order valence-electron chi connectivity index (χ4n) is 6.80. The van der Waals surface area contributed by atoms with Crippen molar-refractivity contribution >= 4 is 26.9 Å². The van der Waals surface area contributed by atoms with E-state index >= 15 is 0 Å². The number of ketones is 1. The Balaban J connectivity index is 1.31. The summed E-state index contributed by atoms with van der Waals surface area (Å²) < 4.78 is 62.5. The van der Waals surface area contributed by atoms with Crippen LogP contribution < -0.4 is 0 Å². The maximum absolute atomic E-state index is 14.3. The summed E-state index contributed by atoms with van der Waals surface area (Å²) in [6.45, 7) is 4.43. The molecule has 2 aromatic carbocycles. The summed E-state index contributed by atoms with van der Waals surface area (Å²) in [6, 6.07) is 7.83. The molecule has 3 aromatic rings. The molecule has 3 atom stereocenters. The molecule has 3 fully saturated rings. The molecule has 6 nitrogen and oxygen atoms in total. The topological polar surface area (TPSA) is 80.5 Å². The van der Waals surface area contributed by atoms with Gasteiger partial charge < -0.3 is 4.42 Å². The first kappa shape index (κ1) is 23.7. The van der Waals surface area contributed by atoms with Crippen molar-refractivity contribution in [2.45, 2.75) is 52.0 Å². The summed E-state index contributed by atoms with van der Waals surface area (Å²) in [5.74, 6) is -0.894. The van der Waals surface area contributed by atoms with Gasteiger partial charge in [0.2, 0.25) is 15.9 Å². The largest absolute Gasteiger partial charge is 0.439 e. The van der Waals surface area contributed by atoms with Crippen molar-refractivity contribution < 1.29 is 26.4 Å². The third kappa shape index (κ3) is 3.39. The second kappa shape index (κ2) is 7.92. The molecular formula is C27H28F2N2O4S. The van der Waals surface area contributed by atoms with Crippen LogP contribution in [0.15, 0.2) is 40.8 Å². The van der Waals surface area contributed by atoms with Gasteiger partial charge in [0.25, 0.3) is 0 Å². The van der Waals surface area contributed by atoms with Gasteiger partial charge in [0.15, 0.2) is 5.58 Å². The first-order valence-corrected chi connectivity index (χ1v) is 14.0. The Labute approximate surface area is 208 Å². The Morgan fingerprint density at radius 2 is 1.94 bits per heavy atom. The molecule has 3 aliphatic rings. The van der Waals surface area contributed by atoms with Crippen molar-refractivity contribution in [3.63, 3.8) is 0 Å². The molecule has 190 valence electrons. The molecule has 1 saturated heterocycles.